The Hall–Kier alpha value is -0.980. The lowest BCUT2D eigenvalue weighted by Crippen LogP contribution is -2.62. The van der Waals surface area contributed by atoms with Crippen LogP contribution in [0.25, 0.3) is 0 Å². The number of carbonyl (C=O) groups excluding carboxylic acids is 1. The van der Waals surface area contributed by atoms with E-state index in [0.717, 1.165) is 29.8 Å². The minimum absolute atomic E-state index is 0.0756. The largest absolute Gasteiger partial charge is 0.392 e. The van der Waals surface area contributed by atoms with Gasteiger partial charge in [-0.3, -0.25) is 4.79 Å². The first kappa shape index (κ1) is 14.9. The van der Waals surface area contributed by atoms with Crippen LogP contribution in [-0.2, 0) is 4.74 Å². The molecule has 1 aromatic heterocycles. The van der Waals surface area contributed by atoms with Crippen LogP contribution in [-0.4, -0.2) is 52.8 Å². The lowest BCUT2D eigenvalue weighted by atomic mass is 9.58. The fourth-order valence-corrected chi connectivity index (χ4v) is 4.36. The minimum Gasteiger partial charge on any atom is -0.392 e. The molecular weight excluding hydrogens is 288 g/mol. The Bertz CT molecular complexity index is 521. The maximum atomic E-state index is 12.5. The van der Waals surface area contributed by atoms with Crippen molar-refractivity contribution in [3.05, 3.63) is 16.1 Å². The summed E-state index contributed by atoms with van der Waals surface area (Å²) in [4.78, 5) is 19.3. The van der Waals surface area contributed by atoms with Crippen molar-refractivity contribution in [2.75, 3.05) is 19.7 Å². The molecule has 2 atom stereocenters. The summed E-state index contributed by atoms with van der Waals surface area (Å²) >= 11 is 1.40. The summed E-state index contributed by atoms with van der Waals surface area (Å²) in [5.74, 6) is 0.0756. The second-order valence-electron chi connectivity index (χ2n) is 5.99. The van der Waals surface area contributed by atoms with E-state index >= 15 is 0 Å². The predicted molar refractivity (Wildman–Crippen MR) is 80.5 cm³/mol. The molecule has 5 nitrogen and oxygen atoms in total. The third-order valence-corrected chi connectivity index (χ3v) is 5.95. The van der Waals surface area contributed by atoms with Crippen LogP contribution in [0, 0.1) is 12.3 Å². The van der Waals surface area contributed by atoms with Crippen LogP contribution in [0.15, 0.2) is 5.51 Å². The molecule has 1 aromatic rings. The Morgan fingerprint density at radius 1 is 1.57 bits per heavy atom. The van der Waals surface area contributed by atoms with Crippen LogP contribution in [0.4, 0.5) is 0 Å². The van der Waals surface area contributed by atoms with Gasteiger partial charge in [-0.2, -0.15) is 0 Å². The second-order valence-corrected chi connectivity index (χ2v) is 6.84. The molecule has 2 heterocycles. The fourth-order valence-electron chi connectivity index (χ4n) is 3.59. The summed E-state index contributed by atoms with van der Waals surface area (Å²) in [5.41, 5.74) is 2.39. The highest BCUT2D eigenvalue weighted by Crippen LogP contribution is 2.51. The molecule has 1 aliphatic heterocycles. The Morgan fingerprint density at radius 2 is 2.29 bits per heavy atom. The van der Waals surface area contributed by atoms with Gasteiger partial charge in [-0.05, 0) is 26.7 Å². The van der Waals surface area contributed by atoms with E-state index in [1.165, 1.54) is 11.3 Å². The predicted octanol–water partition coefficient (Wildman–Crippen LogP) is 1.84. The van der Waals surface area contributed by atoms with E-state index in [4.69, 9.17) is 4.74 Å². The smallest absolute Gasteiger partial charge is 0.265 e. The van der Waals surface area contributed by atoms with E-state index < -0.39 is 0 Å². The highest BCUT2D eigenvalue weighted by molar-refractivity contribution is 7.11. The van der Waals surface area contributed by atoms with Crippen LogP contribution in [0.3, 0.4) is 0 Å². The standard InChI is InChI=1S/C15H22N2O3S/c1-3-20-12-8-11(18)15(12)4-6-17(7-5-15)14(19)13-10(2)16-9-21-13/h9,11-12,18H,3-8H2,1-2H3/t11-,12-/m0/s1. The summed E-state index contributed by atoms with van der Waals surface area (Å²) in [5, 5.41) is 10.2. The number of aliphatic hydroxyl groups excluding tert-OH is 1. The van der Waals surface area contributed by atoms with Crippen molar-refractivity contribution in [2.45, 2.75) is 45.3 Å². The summed E-state index contributed by atoms with van der Waals surface area (Å²) < 4.78 is 5.76. The third kappa shape index (κ3) is 2.39. The molecule has 21 heavy (non-hydrogen) atoms. The molecule has 0 radical (unpaired) electrons. The van der Waals surface area contributed by atoms with Crippen LogP contribution in [0.2, 0.25) is 0 Å². The Balaban J connectivity index is 1.65. The number of rotatable bonds is 3. The second kappa shape index (κ2) is 5.66. The average molecular weight is 310 g/mol. The maximum Gasteiger partial charge on any atom is 0.265 e. The van der Waals surface area contributed by atoms with Crippen molar-refractivity contribution in [3.8, 4) is 0 Å². The number of likely N-dealkylation sites (tertiary alicyclic amines) is 1. The third-order valence-electron chi connectivity index (χ3n) is 5.03. The van der Waals surface area contributed by atoms with Crippen LogP contribution in [0.1, 0.15) is 41.6 Å². The number of thiazole rings is 1. The zero-order valence-electron chi connectivity index (χ0n) is 12.5. The van der Waals surface area contributed by atoms with Gasteiger partial charge in [0.25, 0.3) is 5.91 Å². The molecule has 0 bridgehead atoms. The highest BCUT2D eigenvalue weighted by Gasteiger charge is 2.56. The van der Waals surface area contributed by atoms with E-state index in [-0.39, 0.29) is 23.5 Å². The Kier molecular flexibility index (Phi) is 4.03. The minimum atomic E-state index is -0.281. The van der Waals surface area contributed by atoms with Crippen LogP contribution in [0.5, 0.6) is 0 Å². The quantitative estimate of drug-likeness (QED) is 0.925. The zero-order chi connectivity index (χ0) is 15.0. The van der Waals surface area contributed by atoms with Gasteiger partial charge in [0.15, 0.2) is 0 Å². The molecule has 1 aliphatic carbocycles. The Morgan fingerprint density at radius 3 is 2.81 bits per heavy atom. The molecule has 1 amide bonds. The van der Waals surface area contributed by atoms with Crippen molar-refractivity contribution in [1.82, 2.24) is 9.88 Å². The number of carbonyl (C=O) groups is 1. The zero-order valence-corrected chi connectivity index (χ0v) is 13.4. The molecule has 6 heteroatoms. The SMILES string of the molecule is CCO[C@H]1C[C@H](O)C12CCN(C(=O)c1scnc1C)CC2. The Labute approximate surface area is 128 Å². The lowest BCUT2D eigenvalue weighted by Gasteiger charge is -2.56. The number of nitrogens with zero attached hydrogens (tertiary/aromatic N) is 2. The fraction of sp³-hybridized carbons (Fsp3) is 0.733. The number of aliphatic hydroxyl groups is 1. The van der Waals surface area contributed by atoms with E-state index in [1.807, 2.05) is 18.7 Å². The van der Waals surface area contributed by atoms with Gasteiger partial charge in [-0.15, -0.1) is 11.3 Å². The number of hydrogen-bond donors (Lipinski definition) is 1. The van der Waals surface area contributed by atoms with Crippen molar-refractivity contribution >= 4 is 17.2 Å². The van der Waals surface area contributed by atoms with Gasteiger partial charge >= 0.3 is 0 Å². The number of aryl methyl sites for hydroxylation is 1. The number of piperidine rings is 1. The van der Waals surface area contributed by atoms with Gasteiger partial charge in [-0.25, -0.2) is 4.98 Å². The molecule has 1 spiro atoms. The van der Waals surface area contributed by atoms with Crippen LogP contribution < -0.4 is 0 Å². The molecule has 1 N–H and O–H groups in total. The molecule has 2 aliphatic rings. The molecule has 0 aromatic carbocycles. The molecule has 1 saturated carbocycles. The number of ether oxygens (including phenoxy) is 1. The van der Waals surface area contributed by atoms with Gasteiger partial charge in [0.2, 0.25) is 0 Å². The van der Waals surface area contributed by atoms with E-state index in [0.29, 0.717) is 19.7 Å². The topological polar surface area (TPSA) is 62.7 Å². The van der Waals surface area contributed by atoms with Gasteiger partial charge in [0, 0.05) is 31.5 Å². The molecular formula is C15H22N2O3S. The van der Waals surface area contributed by atoms with Gasteiger partial charge in [-0.1, -0.05) is 0 Å². The van der Waals surface area contributed by atoms with E-state index in [2.05, 4.69) is 4.98 Å². The first-order valence-corrected chi connectivity index (χ1v) is 8.45. The first-order valence-electron chi connectivity index (χ1n) is 7.57. The van der Waals surface area contributed by atoms with Crippen molar-refractivity contribution in [2.24, 2.45) is 5.41 Å². The van der Waals surface area contributed by atoms with Crippen molar-refractivity contribution in [1.29, 1.82) is 0 Å². The van der Waals surface area contributed by atoms with Crippen LogP contribution >= 0.6 is 11.3 Å². The highest BCUT2D eigenvalue weighted by atomic mass is 32.1. The lowest BCUT2D eigenvalue weighted by molar-refractivity contribution is -0.207. The van der Waals surface area contributed by atoms with Gasteiger partial charge in [0.1, 0.15) is 4.88 Å². The summed E-state index contributed by atoms with van der Waals surface area (Å²) in [7, 11) is 0. The van der Waals surface area contributed by atoms with Gasteiger partial charge in [0.05, 0.1) is 23.4 Å². The van der Waals surface area contributed by atoms with E-state index in [9.17, 15) is 9.90 Å². The summed E-state index contributed by atoms with van der Waals surface area (Å²) in [6.07, 6.45) is 2.25. The maximum absolute atomic E-state index is 12.5. The number of aromatic nitrogens is 1. The van der Waals surface area contributed by atoms with Crippen molar-refractivity contribution < 1.29 is 14.6 Å². The normalized spacial score (nSPS) is 27.7. The summed E-state index contributed by atoms with van der Waals surface area (Å²) in [6.45, 7) is 5.93. The summed E-state index contributed by atoms with van der Waals surface area (Å²) in [6, 6.07) is 0. The monoisotopic (exact) mass is 310 g/mol. The van der Waals surface area contributed by atoms with Crippen molar-refractivity contribution in [3.63, 3.8) is 0 Å². The molecule has 1 saturated heterocycles. The molecule has 3 rings (SSSR count). The van der Waals surface area contributed by atoms with E-state index in [1.54, 1.807) is 5.51 Å². The number of hydrogen-bond acceptors (Lipinski definition) is 5. The first-order chi connectivity index (χ1) is 10.1. The molecule has 116 valence electrons. The van der Waals surface area contributed by atoms with Gasteiger partial charge < -0.3 is 14.7 Å². The molecule has 2 fully saturated rings. The average Bonchev–Trinajstić information content (AvgIpc) is 2.92. The molecule has 0 unspecified atom stereocenters. The number of amides is 1.